The van der Waals surface area contributed by atoms with Crippen LogP contribution in [0.1, 0.15) is 6.42 Å². The van der Waals surface area contributed by atoms with Crippen molar-refractivity contribution in [1.82, 2.24) is 0 Å². The molecule has 1 N–H and O–H groups in total. The van der Waals surface area contributed by atoms with Crippen LogP contribution < -0.4 is 0 Å². The van der Waals surface area contributed by atoms with E-state index < -0.39 is 5.97 Å². The molecule has 0 saturated carbocycles. The molecular formula is C7H9NO2. The van der Waals surface area contributed by atoms with Crippen molar-refractivity contribution >= 4 is 12.7 Å². The molecule has 10 heavy (non-hydrogen) atoms. The van der Waals surface area contributed by atoms with Gasteiger partial charge in [-0.05, 0) is 12.8 Å². The van der Waals surface area contributed by atoms with Gasteiger partial charge in [0.25, 0.3) is 0 Å². The van der Waals surface area contributed by atoms with Crippen LogP contribution in [0.5, 0.6) is 0 Å². The normalized spacial score (nSPS) is 10.6. The van der Waals surface area contributed by atoms with Crippen molar-refractivity contribution in [2.24, 2.45) is 4.99 Å². The molecule has 54 valence electrons. The third-order valence-corrected chi connectivity index (χ3v) is 0.846. The van der Waals surface area contributed by atoms with Crippen molar-refractivity contribution in [3.8, 4) is 0 Å². The highest BCUT2D eigenvalue weighted by atomic mass is 16.4. The fourth-order valence-corrected chi connectivity index (χ4v) is 0.459. The van der Waals surface area contributed by atoms with Gasteiger partial charge in [0.2, 0.25) is 0 Å². The zero-order valence-electron chi connectivity index (χ0n) is 5.58. The topological polar surface area (TPSA) is 49.7 Å². The van der Waals surface area contributed by atoms with Gasteiger partial charge in [0.15, 0.2) is 0 Å². The Morgan fingerprint density at radius 2 is 2.30 bits per heavy atom. The number of nitrogens with zero attached hydrogens (tertiary/aromatic N) is 1. The molecule has 0 spiro atoms. The van der Waals surface area contributed by atoms with E-state index in [9.17, 15) is 4.79 Å². The average molecular weight is 139 g/mol. The number of rotatable bonds is 4. The van der Waals surface area contributed by atoms with E-state index in [0.717, 1.165) is 0 Å². The van der Waals surface area contributed by atoms with Gasteiger partial charge in [-0.15, -0.1) is 0 Å². The molecule has 0 radical (unpaired) electrons. The Hall–Kier alpha value is -1.38. The fraction of sp³-hybridized carbons (Fsp3) is 0.143. The maximum absolute atomic E-state index is 10.1. The summed E-state index contributed by atoms with van der Waals surface area (Å²) in [7, 11) is 0. The highest BCUT2D eigenvalue weighted by Crippen LogP contribution is 2.01. The lowest BCUT2D eigenvalue weighted by Crippen LogP contribution is -1.94. The van der Waals surface area contributed by atoms with Crippen molar-refractivity contribution in [2.75, 3.05) is 0 Å². The molecule has 0 aliphatic heterocycles. The van der Waals surface area contributed by atoms with E-state index >= 15 is 0 Å². The summed E-state index contributed by atoms with van der Waals surface area (Å²) in [6, 6.07) is 0. The van der Waals surface area contributed by atoms with Crippen LogP contribution in [0, 0.1) is 0 Å². The van der Waals surface area contributed by atoms with Gasteiger partial charge in [-0.25, -0.2) is 0 Å². The molecule has 0 rings (SSSR count). The third kappa shape index (κ3) is 3.60. The smallest absolute Gasteiger partial charge is 0.309 e. The minimum Gasteiger partial charge on any atom is -0.481 e. The van der Waals surface area contributed by atoms with E-state index in [0.29, 0.717) is 5.70 Å². The summed E-state index contributed by atoms with van der Waals surface area (Å²) in [6.07, 6.45) is 2.89. The van der Waals surface area contributed by atoms with E-state index in [4.69, 9.17) is 5.11 Å². The molecule has 0 bridgehead atoms. The molecule has 0 fully saturated rings. The Labute approximate surface area is 59.4 Å². The number of aliphatic imine (C=N–C) groups is 1. The van der Waals surface area contributed by atoms with Crippen molar-refractivity contribution < 1.29 is 9.90 Å². The summed E-state index contributed by atoms with van der Waals surface area (Å²) in [5, 5.41) is 8.28. The molecule has 0 heterocycles. The summed E-state index contributed by atoms with van der Waals surface area (Å²) in [4.78, 5) is 13.6. The van der Waals surface area contributed by atoms with E-state index in [-0.39, 0.29) is 6.42 Å². The second-order valence-corrected chi connectivity index (χ2v) is 1.62. The van der Waals surface area contributed by atoms with Gasteiger partial charge >= 0.3 is 5.97 Å². The molecular weight excluding hydrogens is 130 g/mol. The third-order valence-electron chi connectivity index (χ3n) is 0.846. The van der Waals surface area contributed by atoms with Gasteiger partial charge in [0.05, 0.1) is 12.1 Å². The number of allylic oxidation sites excluding steroid dienone is 2. The van der Waals surface area contributed by atoms with Crippen LogP contribution in [0.15, 0.2) is 29.4 Å². The predicted octanol–water partition coefficient (Wildman–Crippen LogP) is 1.23. The van der Waals surface area contributed by atoms with Gasteiger partial charge < -0.3 is 5.11 Å². The van der Waals surface area contributed by atoms with Gasteiger partial charge in [-0.3, -0.25) is 9.79 Å². The van der Waals surface area contributed by atoms with Gasteiger partial charge in [0, 0.05) is 0 Å². The Bertz CT molecular complexity index is 182. The number of carboxylic acid groups (broad SMARTS) is 1. The molecule has 0 saturated heterocycles. The number of carboxylic acids is 1. The average Bonchev–Trinajstić information content (AvgIpc) is 1.86. The molecule has 3 heteroatoms. The largest absolute Gasteiger partial charge is 0.481 e. The van der Waals surface area contributed by atoms with Crippen LogP contribution in [-0.2, 0) is 4.79 Å². The highest BCUT2D eigenvalue weighted by Gasteiger charge is 1.98. The first-order valence-corrected chi connectivity index (χ1v) is 2.70. The van der Waals surface area contributed by atoms with Gasteiger partial charge in [-0.1, -0.05) is 12.7 Å². The molecule has 0 aliphatic carbocycles. The van der Waals surface area contributed by atoms with Crippen LogP contribution in [-0.4, -0.2) is 17.8 Å². The van der Waals surface area contributed by atoms with Crippen LogP contribution in [0.4, 0.5) is 0 Å². The Balaban J connectivity index is 4.08. The number of hydrogen-bond acceptors (Lipinski definition) is 2. The predicted molar refractivity (Wildman–Crippen MR) is 40.1 cm³/mol. The molecule has 0 aromatic heterocycles. The van der Waals surface area contributed by atoms with Crippen molar-refractivity contribution in [3.05, 3.63) is 24.4 Å². The van der Waals surface area contributed by atoms with Gasteiger partial charge in [-0.2, -0.15) is 0 Å². The number of hydrogen-bond donors (Lipinski definition) is 1. The lowest BCUT2D eigenvalue weighted by molar-refractivity contribution is -0.136. The van der Waals surface area contributed by atoms with Crippen molar-refractivity contribution in [1.29, 1.82) is 0 Å². The first kappa shape index (κ1) is 8.62. The number of aliphatic carboxylic acids is 1. The molecule has 0 unspecified atom stereocenters. The first-order chi connectivity index (χ1) is 4.70. The van der Waals surface area contributed by atoms with E-state index in [1.165, 1.54) is 12.2 Å². The first-order valence-electron chi connectivity index (χ1n) is 2.70. The minimum atomic E-state index is -0.916. The van der Waals surface area contributed by atoms with Crippen molar-refractivity contribution in [3.63, 3.8) is 0 Å². The maximum Gasteiger partial charge on any atom is 0.309 e. The zero-order valence-corrected chi connectivity index (χ0v) is 5.58. The highest BCUT2D eigenvalue weighted by molar-refractivity contribution is 5.70. The minimum absolute atomic E-state index is 0.102. The Morgan fingerprint density at radius 3 is 2.60 bits per heavy atom. The molecule has 0 atom stereocenters. The van der Waals surface area contributed by atoms with Crippen LogP contribution >= 0.6 is 0 Å². The molecule has 3 nitrogen and oxygen atoms in total. The van der Waals surface area contributed by atoms with E-state index in [2.05, 4.69) is 18.3 Å². The Kier molecular flexibility index (Phi) is 3.87. The summed E-state index contributed by atoms with van der Waals surface area (Å²) < 4.78 is 0. The standard InChI is InChI=1S/C7H9NO2/c1-3-4-6(8-2)5-7(9)10/h3-4H,1-2,5H2,(H,9,10)/b6-4-. The molecule has 0 aromatic carbocycles. The van der Waals surface area contributed by atoms with Crippen LogP contribution in [0.3, 0.4) is 0 Å². The molecule has 0 aliphatic rings. The summed E-state index contributed by atoms with van der Waals surface area (Å²) >= 11 is 0. The van der Waals surface area contributed by atoms with Crippen LogP contribution in [0.2, 0.25) is 0 Å². The Morgan fingerprint density at radius 1 is 1.70 bits per heavy atom. The fourth-order valence-electron chi connectivity index (χ4n) is 0.459. The molecule has 0 aromatic rings. The van der Waals surface area contributed by atoms with E-state index in [1.54, 1.807) is 0 Å². The monoisotopic (exact) mass is 139 g/mol. The quantitative estimate of drug-likeness (QED) is 0.470. The SMILES string of the molecule is C=C/C=C(/CC(=O)O)N=C. The summed E-state index contributed by atoms with van der Waals surface area (Å²) in [5.74, 6) is -0.916. The number of carbonyl (C=O) groups is 1. The maximum atomic E-state index is 10.1. The zero-order chi connectivity index (χ0) is 7.98. The summed E-state index contributed by atoms with van der Waals surface area (Å²) in [6.45, 7) is 6.60. The second-order valence-electron chi connectivity index (χ2n) is 1.62. The summed E-state index contributed by atoms with van der Waals surface area (Å²) in [5.41, 5.74) is 0.419. The van der Waals surface area contributed by atoms with E-state index in [1.807, 2.05) is 0 Å². The van der Waals surface area contributed by atoms with Gasteiger partial charge in [0.1, 0.15) is 0 Å². The lowest BCUT2D eigenvalue weighted by Gasteiger charge is -1.91. The van der Waals surface area contributed by atoms with Crippen LogP contribution in [0.25, 0.3) is 0 Å². The van der Waals surface area contributed by atoms with Crippen molar-refractivity contribution in [2.45, 2.75) is 6.42 Å². The lowest BCUT2D eigenvalue weighted by atomic mass is 10.3. The molecule has 0 amide bonds. The second kappa shape index (κ2) is 4.49.